The second-order valence-electron chi connectivity index (χ2n) is 5.71. The van der Waals surface area contributed by atoms with Crippen molar-refractivity contribution < 1.29 is 9.59 Å². The quantitative estimate of drug-likeness (QED) is 0.772. The molecule has 2 heterocycles. The lowest BCUT2D eigenvalue weighted by atomic mass is 10.00. The molecule has 0 aromatic heterocycles. The maximum atomic E-state index is 12.4. The van der Waals surface area contributed by atoms with Gasteiger partial charge in [-0.25, -0.2) is 0 Å². The summed E-state index contributed by atoms with van der Waals surface area (Å²) >= 11 is 1.67. The molecule has 2 fully saturated rings. The van der Waals surface area contributed by atoms with Gasteiger partial charge >= 0.3 is 0 Å². The summed E-state index contributed by atoms with van der Waals surface area (Å²) < 4.78 is 0. The van der Waals surface area contributed by atoms with Crippen molar-refractivity contribution in [2.45, 2.75) is 6.54 Å². The summed E-state index contributed by atoms with van der Waals surface area (Å²) in [5.74, 6) is 0.653. The molecule has 2 aliphatic heterocycles. The molecule has 112 valence electrons. The summed E-state index contributed by atoms with van der Waals surface area (Å²) in [6, 6.07) is 10.2. The molecule has 1 aromatic rings. The molecule has 21 heavy (non-hydrogen) atoms. The maximum Gasteiger partial charge on any atom is 0.234 e. The van der Waals surface area contributed by atoms with E-state index < -0.39 is 0 Å². The van der Waals surface area contributed by atoms with Crippen molar-refractivity contribution in [1.82, 2.24) is 9.80 Å². The minimum absolute atomic E-state index is 0.0367. The molecule has 4 nitrogen and oxygen atoms in total. The Morgan fingerprint density at radius 2 is 1.71 bits per heavy atom. The van der Waals surface area contributed by atoms with E-state index in [9.17, 15) is 9.59 Å². The molecule has 0 saturated carbocycles. The number of hydrogen-bond acceptors (Lipinski definition) is 4. The Hall–Kier alpha value is -1.33. The minimum Gasteiger partial charge on any atom is -0.297 e. The van der Waals surface area contributed by atoms with Crippen LogP contribution in [-0.2, 0) is 16.1 Å². The summed E-state index contributed by atoms with van der Waals surface area (Å²) in [5, 5.41) is 0. The number of thioether (sulfide) groups is 1. The van der Waals surface area contributed by atoms with E-state index in [0.717, 1.165) is 12.3 Å². The lowest BCUT2D eigenvalue weighted by molar-refractivity contribution is -0.140. The van der Waals surface area contributed by atoms with Gasteiger partial charge in [0.05, 0.1) is 11.8 Å². The summed E-state index contributed by atoms with van der Waals surface area (Å²) in [5.41, 5.74) is 1.23. The third-order valence-corrected chi connectivity index (χ3v) is 4.92. The number of carbonyl (C=O) groups is 2. The average Bonchev–Trinajstić information content (AvgIpc) is 2.99. The third-order valence-electron chi connectivity index (χ3n) is 4.33. The van der Waals surface area contributed by atoms with Gasteiger partial charge in [-0.3, -0.25) is 19.4 Å². The fourth-order valence-electron chi connectivity index (χ4n) is 3.27. The van der Waals surface area contributed by atoms with Crippen LogP contribution in [0.15, 0.2) is 30.3 Å². The van der Waals surface area contributed by atoms with Crippen molar-refractivity contribution in [1.29, 1.82) is 0 Å². The smallest absolute Gasteiger partial charge is 0.234 e. The Labute approximate surface area is 129 Å². The fourth-order valence-corrected chi connectivity index (χ4v) is 3.63. The van der Waals surface area contributed by atoms with Gasteiger partial charge in [0.1, 0.15) is 0 Å². The van der Waals surface area contributed by atoms with Crippen LogP contribution < -0.4 is 0 Å². The van der Waals surface area contributed by atoms with Crippen LogP contribution in [0.3, 0.4) is 0 Å². The van der Waals surface area contributed by atoms with Crippen LogP contribution in [-0.4, -0.2) is 53.3 Å². The van der Waals surface area contributed by atoms with Crippen molar-refractivity contribution in [2.75, 3.05) is 31.6 Å². The SMILES string of the molecule is CSCCN1C(=O)C2CN(Cc3ccccc3)CC2C1=O. The molecule has 5 heteroatoms. The highest BCUT2D eigenvalue weighted by molar-refractivity contribution is 7.98. The Balaban J connectivity index is 1.63. The largest absolute Gasteiger partial charge is 0.297 e. The molecular formula is C16H20N2O2S. The van der Waals surface area contributed by atoms with Crippen LogP contribution in [0.4, 0.5) is 0 Å². The number of nitrogens with zero attached hydrogens (tertiary/aromatic N) is 2. The van der Waals surface area contributed by atoms with E-state index in [4.69, 9.17) is 0 Å². The van der Waals surface area contributed by atoms with E-state index in [1.165, 1.54) is 10.5 Å². The van der Waals surface area contributed by atoms with Crippen molar-refractivity contribution >= 4 is 23.6 Å². The molecule has 2 atom stereocenters. The fraction of sp³-hybridized carbons (Fsp3) is 0.500. The highest BCUT2D eigenvalue weighted by atomic mass is 32.2. The molecule has 2 unspecified atom stereocenters. The highest BCUT2D eigenvalue weighted by Crippen LogP contribution is 2.34. The van der Waals surface area contributed by atoms with Crippen molar-refractivity contribution in [3.05, 3.63) is 35.9 Å². The molecule has 0 bridgehead atoms. The van der Waals surface area contributed by atoms with Gasteiger partial charge in [-0.1, -0.05) is 30.3 Å². The zero-order chi connectivity index (χ0) is 14.8. The Bertz CT molecular complexity index is 510. The Kier molecular flexibility index (Phi) is 4.31. The average molecular weight is 304 g/mol. The van der Waals surface area contributed by atoms with Crippen molar-refractivity contribution in [2.24, 2.45) is 11.8 Å². The lowest BCUT2D eigenvalue weighted by Crippen LogP contribution is -2.37. The van der Waals surface area contributed by atoms with Gasteiger partial charge in [0.25, 0.3) is 0 Å². The summed E-state index contributed by atoms with van der Waals surface area (Å²) in [6.45, 7) is 2.80. The molecule has 0 spiro atoms. The number of rotatable bonds is 5. The van der Waals surface area contributed by atoms with E-state index in [-0.39, 0.29) is 23.7 Å². The first-order chi connectivity index (χ1) is 10.2. The molecule has 3 rings (SSSR count). The van der Waals surface area contributed by atoms with Crippen LogP contribution in [0, 0.1) is 11.8 Å². The Morgan fingerprint density at radius 3 is 2.29 bits per heavy atom. The third kappa shape index (κ3) is 2.85. The molecule has 2 amide bonds. The Morgan fingerprint density at radius 1 is 1.10 bits per heavy atom. The van der Waals surface area contributed by atoms with Crippen LogP contribution in [0.25, 0.3) is 0 Å². The van der Waals surface area contributed by atoms with Crippen LogP contribution in [0.5, 0.6) is 0 Å². The maximum absolute atomic E-state index is 12.4. The monoisotopic (exact) mass is 304 g/mol. The first-order valence-electron chi connectivity index (χ1n) is 7.31. The van der Waals surface area contributed by atoms with E-state index in [1.807, 2.05) is 24.5 Å². The number of likely N-dealkylation sites (tertiary alicyclic amines) is 2. The van der Waals surface area contributed by atoms with Gasteiger partial charge in [-0.15, -0.1) is 0 Å². The molecule has 2 saturated heterocycles. The predicted octanol–water partition coefficient (Wildman–Crippen LogP) is 1.47. The van der Waals surface area contributed by atoms with Gasteiger partial charge in [-0.05, 0) is 11.8 Å². The normalized spacial score (nSPS) is 25.7. The zero-order valence-corrected chi connectivity index (χ0v) is 13.0. The van der Waals surface area contributed by atoms with Crippen molar-refractivity contribution in [3.63, 3.8) is 0 Å². The summed E-state index contributed by atoms with van der Waals surface area (Å²) in [4.78, 5) is 28.4. The number of hydrogen-bond donors (Lipinski definition) is 0. The molecule has 0 radical (unpaired) electrons. The summed E-state index contributed by atoms with van der Waals surface area (Å²) in [6.07, 6.45) is 1.99. The topological polar surface area (TPSA) is 40.6 Å². The number of benzene rings is 1. The van der Waals surface area contributed by atoms with Crippen molar-refractivity contribution in [3.8, 4) is 0 Å². The standard InChI is InChI=1S/C16H20N2O2S/c1-21-8-7-18-15(19)13-10-17(11-14(13)16(18)20)9-12-5-3-2-4-6-12/h2-6,13-14H,7-11H2,1H3. The molecule has 0 N–H and O–H groups in total. The van der Waals surface area contributed by atoms with Crippen LogP contribution in [0.2, 0.25) is 0 Å². The number of carbonyl (C=O) groups excluding carboxylic acids is 2. The highest BCUT2D eigenvalue weighted by Gasteiger charge is 2.51. The molecule has 2 aliphatic rings. The lowest BCUT2D eigenvalue weighted by Gasteiger charge is -2.20. The second-order valence-corrected chi connectivity index (χ2v) is 6.70. The van der Waals surface area contributed by atoms with Gasteiger partial charge in [-0.2, -0.15) is 11.8 Å². The second kappa shape index (κ2) is 6.20. The number of fused-ring (bicyclic) bond motifs is 1. The predicted molar refractivity (Wildman–Crippen MR) is 83.8 cm³/mol. The molecule has 1 aromatic carbocycles. The van der Waals surface area contributed by atoms with E-state index >= 15 is 0 Å². The first-order valence-corrected chi connectivity index (χ1v) is 8.70. The minimum atomic E-state index is -0.122. The van der Waals surface area contributed by atoms with Gasteiger partial charge in [0, 0.05) is 31.9 Å². The van der Waals surface area contributed by atoms with E-state index in [1.54, 1.807) is 11.8 Å². The summed E-state index contributed by atoms with van der Waals surface area (Å²) in [7, 11) is 0. The number of imide groups is 1. The van der Waals surface area contributed by atoms with E-state index in [2.05, 4.69) is 17.0 Å². The van der Waals surface area contributed by atoms with Gasteiger partial charge in [0.15, 0.2) is 0 Å². The van der Waals surface area contributed by atoms with Gasteiger partial charge in [0.2, 0.25) is 11.8 Å². The van der Waals surface area contributed by atoms with Crippen LogP contribution >= 0.6 is 11.8 Å². The molecule has 0 aliphatic carbocycles. The zero-order valence-electron chi connectivity index (χ0n) is 12.2. The first kappa shape index (κ1) is 14.6. The van der Waals surface area contributed by atoms with E-state index in [0.29, 0.717) is 19.6 Å². The van der Waals surface area contributed by atoms with Gasteiger partial charge < -0.3 is 0 Å². The number of amides is 2. The molecular weight excluding hydrogens is 284 g/mol. The van der Waals surface area contributed by atoms with Crippen LogP contribution in [0.1, 0.15) is 5.56 Å².